The van der Waals surface area contributed by atoms with Crippen LogP contribution in [0.25, 0.3) is 0 Å². The predicted octanol–water partition coefficient (Wildman–Crippen LogP) is 6.61. The number of benzene rings is 2. The first kappa shape index (κ1) is 22.4. The lowest BCUT2D eigenvalue weighted by molar-refractivity contribution is -0.161. The Kier molecular flexibility index (Phi) is 6.31. The van der Waals surface area contributed by atoms with Crippen molar-refractivity contribution in [3.05, 3.63) is 65.0 Å². The standard InChI is InChI=1S/C21H20F7NO/c1-2-30-19-15(13-8-10-14(22)11-9-13)5-4-12-29(19)17-7-3-6-16(20(23,24)25)18(17)21(26,27)28/h3,6-11,15,19H,2,4-5,12H2,1H3. The van der Waals surface area contributed by atoms with E-state index in [4.69, 9.17) is 4.74 Å². The van der Waals surface area contributed by atoms with Crippen molar-refractivity contribution in [2.75, 3.05) is 18.1 Å². The number of alkyl halides is 6. The summed E-state index contributed by atoms with van der Waals surface area (Å²) in [5.74, 6) is -0.883. The van der Waals surface area contributed by atoms with Crippen LogP contribution in [0.5, 0.6) is 0 Å². The van der Waals surface area contributed by atoms with Gasteiger partial charge in [0, 0.05) is 19.1 Å². The molecule has 1 heterocycles. The number of halogens is 7. The van der Waals surface area contributed by atoms with Crippen LogP contribution in [-0.4, -0.2) is 19.4 Å². The molecular weight excluding hydrogens is 415 g/mol. The maximum absolute atomic E-state index is 13.8. The molecule has 2 aromatic rings. The van der Waals surface area contributed by atoms with Gasteiger partial charge in [0.15, 0.2) is 0 Å². The molecule has 0 spiro atoms. The lowest BCUT2D eigenvalue weighted by Gasteiger charge is -2.43. The van der Waals surface area contributed by atoms with E-state index < -0.39 is 47.1 Å². The second-order valence-electron chi connectivity index (χ2n) is 7.03. The molecule has 1 aliphatic heterocycles. The minimum atomic E-state index is -5.21. The second kappa shape index (κ2) is 8.45. The first-order chi connectivity index (χ1) is 14.0. The van der Waals surface area contributed by atoms with Crippen molar-refractivity contribution in [2.24, 2.45) is 0 Å². The second-order valence-corrected chi connectivity index (χ2v) is 7.03. The van der Waals surface area contributed by atoms with Crippen LogP contribution in [0.2, 0.25) is 0 Å². The van der Waals surface area contributed by atoms with E-state index in [9.17, 15) is 30.7 Å². The van der Waals surface area contributed by atoms with E-state index >= 15 is 0 Å². The lowest BCUT2D eigenvalue weighted by atomic mass is 9.87. The summed E-state index contributed by atoms with van der Waals surface area (Å²) in [4.78, 5) is 1.25. The molecule has 0 aliphatic carbocycles. The maximum Gasteiger partial charge on any atom is 0.418 e. The summed E-state index contributed by atoms with van der Waals surface area (Å²) >= 11 is 0. The van der Waals surface area contributed by atoms with Gasteiger partial charge in [-0.15, -0.1) is 0 Å². The number of hydrogen-bond acceptors (Lipinski definition) is 2. The maximum atomic E-state index is 13.8. The Hall–Kier alpha value is -2.29. The van der Waals surface area contributed by atoms with Crippen molar-refractivity contribution in [2.45, 2.75) is 44.3 Å². The topological polar surface area (TPSA) is 12.5 Å². The summed E-state index contributed by atoms with van der Waals surface area (Å²) in [6.45, 7) is 1.91. The monoisotopic (exact) mass is 435 g/mol. The molecular formula is C21H20F7NO. The third kappa shape index (κ3) is 4.55. The van der Waals surface area contributed by atoms with Crippen molar-refractivity contribution >= 4 is 5.69 Å². The highest BCUT2D eigenvalue weighted by Crippen LogP contribution is 2.47. The van der Waals surface area contributed by atoms with Crippen LogP contribution < -0.4 is 4.90 Å². The number of piperidine rings is 1. The van der Waals surface area contributed by atoms with Crippen molar-refractivity contribution in [1.29, 1.82) is 0 Å². The molecule has 1 aliphatic rings. The zero-order chi connectivity index (χ0) is 22.1. The minimum absolute atomic E-state index is 0.104. The summed E-state index contributed by atoms with van der Waals surface area (Å²) in [6.07, 6.45) is -10.3. The highest BCUT2D eigenvalue weighted by Gasteiger charge is 2.47. The fourth-order valence-corrected chi connectivity index (χ4v) is 3.96. The molecule has 1 saturated heterocycles. The lowest BCUT2D eigenvalue weighted by Crippen LogP contribution is -2.47. The molecule has 0 saturated carbocycles. The van der Waals surface area contributed by atoms with Crippen molar-refractivity contribution in [3.63, 3.8) is 0 Å². The molecule has 164 valence electrons. The Morgan fingerprint density at radius 1 is 0.967 bits per heavy atom. The molecule has 0 N–H and O–H groups in total. The number of nitrogens with zero attached hydrogens (tertiary/aromatic N) is 1. The molecule has 2 atom stereocenters. The average Bonchev–Trinajstić information content (AvgIpc) is 2.67. The predicted molar refractivity (Wildman–Crippen MR) is 97.6 cm³/mol. The molecule has 30 heavy (non-hydrogen) atoms. The van der Waals surface area contributed by atoms with Crippen molar-refractivity contribution in [3.8, 4) is 0 Å². The summed E-state index contributed by atoms with van der Waals surface area (Å²) in [5.41, 5.74) is -3.36. The first-order valence-electron chi connectivity index (χ1n) is 9.45. The van der Waals surface area contributed by atoms with Gasteiger partial charge in [0.05, 0.1) is 16.8 Å². The summed E-state index contributed by atoms with van der Waals surface area (Å²) in [7, 11) is 0. The van der Waals surface area contributed by atoms with Crippen LogP contribution in [0, 0.1) is 5.82 Å². The number of rotatable bonds is 4. The van der Waals surface area contributed by atoms with E-state index in [-0.39, 0.29) is 13.2 Å². The van der Waals surface area contributed by atoms with E-state index in [1.165, 1.54) is 29.2 Å². The molecule has 3 rings (SSSR count). The third-order valence-corrected chi connectivity index (χ3v) is 5.14. The average molecular weight is 435 g/mol. The molecule has 0 amide bonds. The molecule has 9 heteroatoms. The quantitative estimate of drug-likeness (QED) is 0.501. The summed E-state index contributed by atoms with van der Waals surface area (Å²) in [5, 5.41) is 0. The molecule has 0 aromatic heterocycles. The number of anilines is 1. The van der Waals surface area contributed by atoms with Gasteiger partial charge in [0.2, 0.25) is 0 Å². The van der Waals surface area contributed by atoms with Crippen LogP contribution in [0.1, 0.15) is 42.4 Å². The zero-order valence-electron chi connectivity index (χ0n) is 16.0. The highest BCUT2D eigenvalue weighted by molar-refractivity contribution is 5.60. The van der Waals surface area contributed by atoms with Gasteiger partial charge in [-0.3, -0.25) is 0 Å². The smallest absolute Gasteiger partial charge is 0.358 e. The van der Waals surface area contributed by atoms with Crippen molar-refractivity contribution < 1.29 is 35.5 Å². The largest absolute Gasteiger partial charge is 0.418 e. The fourth-order valence-electron chi connectivity index (χ4n) is 3.96. The van der Waals surface area contributed by atoms with E-state index in [0.717, 1.165) is 12.1 Å². The van der Waals surface area contributed by atoms with Crippen molar-refractivity contribution in [1.82, 2.24) is 0 Å². The van der Waals surface area contributed by atoms with E-state index in [2.05, 4.69) is 0 Å². The van der Waals surface area contributed by atoms with Gasteiger partial charge in [-0.1, -0.05) is 18.2 Å². The first-order valence-corrected chi connectivity index (χ1v) is 9.45. The van der Waals surface area contributed by atoms with Crippen LogP contribution >= 0.6 is 0 Å². The Bertz CT molecular complexity index is 861. The molecule has 0 bridgehead atoms. The Morgan fingerprint density at radius 3 is 2.20 bits per heavy atom. The molecule has 2 nitrogen and oxygen atoms in total. The summed E-state index contributed by atoms with van der Waals surface area (Å²) < 4.78 is 100. The van der Waals surface area contributed by atoms with E-state index in [1.54, 1.807) is 6.92 Å². The molecule has 2 aromatic carbocycles. The number of hydrogen-bond donors (Lipinski definition) is 0. The van der Waals surface area contributed by atoms with Gasteiger partial charge in [-0.25, -0.2) is 4.39 Å². The zero-order valence-corrected chi connectivity index (χ0v) is 16.0. The van der Waals surface area contributed by atoms with Crippen LogP contribution in [-0.2, 0) is 17.1 Å². The molecule has 1 fully saturated rings. The summed E-state index contributed by atoms with van der Waals surface area (Å²) in [6, 6.07) is 7.96. The van der Waals surface area contributed by atoms with Gasteiger partial charge < -0.3 is 9.64 Å². The Labute approximate surface area is 169 Å². The minimum Gasteiger partial charge on any atom is -0.358 e. The number of ether oxygens (including phenoxy) is 1. The van der Waals surface area contributed by atoms with Gasteiger partial charge in [-0.05, 0) is 49.6 Å². The fraction of sp³-hybridized carbons (Fsp3) is 0.429. The van der Waals surface area contributed by atoms with Crippen LogP contribution in [0.15, 0.2) is 42.5 Å². The normalized spacial score (nSPS) is 20.5. The Balaban J connectivity index is 2.12. The van der Waals surface area contributed by atoms with Crippen LogP contribution in [0.4, 0.5) is 36.4 Å². The third-order valence-electron chi connectivity index (χ3n) is 5.14. The SMILES string of the molecule is CCOC1C(c2ccc(F)cc2)CCCN1c1cccc(C(F)(F)F)c1C(F)(F)F. The molecule has 2 unspecified atom stereocenters. The van der Waals surface area contributed by atoms with E-state index in [1.807, 2.05) is 0 Å². The van der Waals surface area contributed by atoms with E-state index in [0.29, 0.717) is 24.5 Å². The highest BCUT2D eigenvalue weighted by atomic mass is 19.4. The van der Waals surface area contributed by atoms with Crippen LogP contribution in [0.3, 0.4) is 0 Å². The van der Waals surface area contributed by atoms with Gasteiger partial charge >= 0.3 is 12.4 Å². The van der Waals surface area contributed by atoms with Gasteiger partial charge in [0.25, 0.3) is 0 Å². The van der Waals surface area contributed by atoms with Gasteiger partial charge in [0.1, 0.15) is 12.0 Å². The molecule has 0 radical (unpaired) electrons. The Morgan fingerprint density at radius 2 is 1.63 bits per heavy atom. The van der Waals surface area contributed by atoms with Gasteiger partial charge in [-0.2, -0.15) is 26.3 Å².